The second-order valence-electron chi connectivity index (χ2n) is 4.11. The summed E-state index contributed by atoms with van der Waals surface area (Å²) in [4.78, 5) is 44.5. The average Bonchev–Trinajstić information content (AvgIpc) is 2.45. The van der Waals surface area contributed by atoms with Crippen LogP contribution in [0.25, 0.3) is 0 Å². The summed E-state index contributed by atoms with van der Waals surface area (Å²) in [5.41, 5.74) is -0.216. The second kappa shape index (κ2) is 7.13. The molecule has 0 saturated carbocycles. The lowest BCUT2D eigenvalue weighted by molar-refractivity contribution is -0.139. The Labute approximate surface area is 118 Å². The van der Waals surface area contributed by atoms with Crippen molar-refractivity contribution in [2.45, 2.75) is 12.5 Å². The van der Waals surface area contributed by atoms with E-state index in [2.05, 4.69) is 5.32 Å². The van der Waals surface area contributed by atoms with Gasteiger partial charge in [-0.1, -0.05) is 6.07 Å². The van der Waals surface area contributed by atoms with Crippen LogP contribution in [-0.4, -0.2) is 46.6 Å². The monoisotopic (exact) mass is 297 g/mol. The number of benzene rings is 1. The smallest absolute Gasteiger partial charge is 0.335 e. The Morgan fingerprint density at radius 2 is 1.76 bits per heavy atom. The summed E-state index contributed by atoms with van der Waals surface area (Å²) < 4.78 is 12.3. The minimum absolute atomic E-state index is 0.0723. The Kier molecular flexibility index (Phi) is 5.53. The van der Waals surface area contributed by atoms with Crippen LogP contribution in [0.3, 0.4) is 0 Å². The number of ketones is 1. The largest absolute Gasteiger partial charge is 0.481 e. The molecular weight excluding hydrogens is 285 g/mol. The standard InChI is InChI=1S/C13H12FNO6/c14-6-10(16)9(5-11(17)18)15-12(19)7-2-1-3-8(4-7)13(20)21/h1-4,9H,5-6H2,(H,15,19)(H,17,18)(H,20,21). The third-order valence-corrected chi connectivity index (χ3v) is 2.58. The van der Waals surface area contributed by atoms with Crippen LogP contribution >= 0.6 is 0 Å². The number of carboxylic acids is 2. The number of hydrogen-bond donors (Lipinski definition) is 3. The van der Waals surface area contributed by atoms with Crippen LogP contribution in [0.5, 0.6) is 0 Å². The van der Waals surface area contributed by atoms with Gasteiger partial charge in [0.1, 0.15) is 12.7 Å². The maximum absolute atomic E-state index is 12.3. The van der Waals surface area contributed by atoms with E-state index in [-0.39, 0.29) is 11.1 Å². The van der Waals surface area contributed by atoms with Gasteiger partial charge in [-0.25, -0.2) is 9.18 Å². The number of hydrogen-bond acceptors (Lipinski definition) is 4. The van der Waals surface area contributed by atoms with Gasteiger partial charge in [0, 0.05) is 5.56 Å². The molecule has 0 fully saturated rings. The number of carbonyl (C=O) groups is 4. The Balaban J connectivity index is 2.91. The molecule has 1 rings (SSSR count). The number of aromatic carboxylic acids is 1. The molecule has 0 spiro atoms. The van der Waals surface area contributed by atoms with E-state index in [0.29, 0.717) is 0 Å². The number of alkyl halides is 1. The highest BCUT2D eigenvalue weighted by Crippen LogP contribution is 2.07. The predicted molar refractivity (Wildman–Crippen MR) is 67.9 cm³/mol. The first-order valence-corrected chi connectivity index (χ1v) is 5.80. The molecule has 0 aliphatic rings. The summed E-state index contributed by atoms with van der Waals surface area (Å²) in [7, 11) is 0. The number of carbonyl (C=O) groups excluding carboxylic acids is 2. The molecule has 21 heavy (non-hydrogen) atoms. The van der Waals surface area contributed by atoms with Crippen LogP contribution < -0.4 is 5.32 Å². The maximum Gasteiger partial charge on any atom is 0.335 e. The fourth-order valence-corrected chi connectivity index (χ4v) is 1.55. The molecule has 1 aromatic carbocycles. The average molecular weight is 297 g/mol. The van der Waals surface area contributed by atoms with E-state index < -0.39 is 42.8 Å². The molecule has 7 nitrogen and oxygen atoms in total. The van der Waals surface area contributed by atoms with E-state index in [1.807, 2.05) is 0 Å². The van der Waals surface area contributed by atoms with Gasteiger partial charge in [0.05, 0.1) is 12.0 Å². The van der Waals surface area contributed by atoms with Crippen molar-refractivity contribution in [1.82, 2.24) is 5.32 Å². The zero-order valence-electron chi connectivity index (χ0n) is 10.7. The van der Waals surface area contributed by atoms with Crippen molar-refractivity contribution in [3.63, 3.8) is 0 Å². The van der Waals surface area contributed by atoms with Gasteiger partial charge in [-0.3, -0.25) is 14.4 Å². The van der Waals surface area contributed by atoms with Crippen LogP contribution in [0.15, 0.2) is 24.3 Å². The van der Waals surface area contributed by atoms with Gasteiger partial charge in [-0.05, 0) is 18.2 Å². The first-order valence-electron chi connectivity index (χ1n) is 5.80. The topological polar surface area (TPSA) is 121 Å². The van der Waals surface area contributed by atoms with Gasteiger partial charge in [0.25, 0.3) is 5.91 Å². The van der Waals surface area contributed by atoms with Crippen molar-refractivity contribution in [3.8, 4) is 0 Å². The highest BCUT2D eigenvalue weighted by molar-refractivity contribution is 6.00. The number of rotatable bonds is 7. The van der Waals surface area contributed by atoms with E-state index in [1.165, 1.54) is 18.2 Å². The molecule has 0 heterocycles. The Morgan fingerprint density at radius 3 is 2.29 bits per heavy atom. The second-order valence-corrected chi connectivity index (χ2v) is 4.11. The van der Waals surface area contributed by atoms with Gasteiger partial charge in [-0.15, -0.1) is 0 Å². The lowest BCUT2D eigenvalue weighted by Gasteiger charge is -2.14. The van der Waals surface area contributed by atoms with E-state index >= 15 is 0 Å². The lowest BCUT2D eigenvalue weighted by atomic mass is 10.1. The Bertz CT molecular complexity index is 586. The molecule has 0 radical (unpaired) electrons. The van der Waals surface area contributed by atoms with Crippen LogP contribution in [0, 0.1) is 0 Å². The van der Waals surface area contributed by atoms with Crippen LogP contribution in [0.4, 0.5) is 4.39 Å². The molecule has 112 valence electrons. The summed E-state index contributed by atoms with van der Waals surface area (Å²) in [5.74, 6) is -4.54. The highest BCUT2D eigenvalue weighted by atomic mass is 19.1. The number of carboxylic acid groups (broad SMARTS) is 2. The summed E-state index contributed by atoms with van der Waals surface area (Å²) in [5, 5.41) is 19.5. The molecule has 8 heteroatoms. The number of nitrogens with one attached hydrogen (secondary N) is 1. The van der Waals surface area contributed by atoms with Crippen molar-refractivity contribution in [1.29, 1.82) is 0 Å². The lowest BCUT2D eigenvalue weighted by Crippen LogP contribution is -2.43. The summed E-state index contributed by atoms with van der Waals surface area (Å²) >= 11 is 0. The van der Waals surface area contributed by atoms with Crippen molar-refractivity contribution in [3.05, 3.63) is 35.4 Å². The fourth-order valence-electron chi connectivity index (χ4n) is 1.55. The first-order chi connectivity index (χ1) is 9.85. The molecule has 0 aliphatic heterocycles. The molecule has 0 aromatic heterocycles. The maximum atomic E-state index is 12.3. The van der Waals surface area contributed by atoms with Crippen LogP contribution in [0.2, 0.25) is 0 Å². The van der Waals surface area contributed by atoms with Gasteiger partial charge in [0.15, 0.2) is 5.78 Å². The number of Topliss-reactive ketones (excluding diaryl/α,β-unsaturated/α-hetero) is 1. The molecule has 1 amide bonds. The zero-order chi connectivity index (χ0) is 16.0. The quantitative estimate of drug-likeness (QED) is 0.673. The van der Waals surface area contributed by atoms with E-state index in [1.54, 1.807) is 0 Å². The summed E-state index contributed by atoms with van der Waals surface area (Å²) in [6, 6.07) is 3.44. The minimum Gasteiger partial charge on any atom is -0.481 e. The highest BCUT2D eigenvalue weighted by Gasteiger charge is 2.24. The molecule has 0 aliphatic carbocycles. The van der Waals surface area contributed by atoms with Gasteiger partial charge in [0.2, 0.25) is 0 Å². The van der Waals surface area contributed by atoms with Crippen LogP contribution in [-0.2, 0) is 9.59 Å². The number of halogens is 1. The van der Waals surface area contributed by atoms with Crippen molar-refractivity contribution in [2.75, 3.05) is 6.67 Å². The predicted octanol–water partition coefficient (Wildman–Crippen LogP) is 0.496. The molecule has 0 saturated heterocycles. The SMILES string of the molecule is O=C(O)CC(NC(=O)c1cccc(C(=O)O)c1)C(=O)CF. The van der Waals surface area contributed by atoms with Gasteiger partial charge in [-0.2, -0.15) is 0 Å². The Morgan fingerprint density at radius 1 is 1.14 bits per heavy atom. The van der Waals surface area contributed by atoms with Crippen molar-refractivity contribution in [2.24, 2.45) is 0 Å². The van der Waals surface area contributed by atoms with E-state index in [4.69, 9.17) is 10.2 Å². The molecule has 1 atom stereocenters. The normalized spacial score (nSPS) is 11.5. The van der Waals surface area contributed by atoms with E-state index in [0.717, 1.165) is 6.07 Å². The summed E-state index contributed by atoms with van der Waals surface area (Å²) in [6.07, 6.45) is -0.757. The third-order valence-electron chi connectivity index (χ3n) is 2.58. The number of amides is 1. The summed E-state index contributed by atoms with van der Waals surface area (Å²) in [6.45, 7) is -1.41. The fraction of sp³-hybridized carbons (Fsp3) is 0.231. The zero-order valence-corrected chi connectivity index (χ0v) is 10.7. The van der Waals surface area contributed by atoms with Crippen LogP contribution in [0.1, 0.15) is 27.1 Å². The van der Waals surface area contributed by atoms with Gasteiger partial charge < -0.3 is 15.5 Å². The molecule has 3 N–H and O–H groups in total. The Hall–Kier alpha value is -2.77. The van der Waals surface area contributed by atoms with Crippen molar-refractivity contribution < 1.29 is 33.8 Å². The third kappa shape index (κ3) is 4.68. The minimum atomic E-state index is -1.51. The molecule has 1 unspecified atom stereocenters. The molecule has 0 bridgehead atoms. The van der Waals surface area contributed by atoms with E-state index in [9.17, 15) is 23.6 Å². The number of aliphatic carboxylic acids is 1. The van der Waals surface area contributed by atoms with Crippen molar-refractivity contribution >= 4 is 23.6 Å². The molecular formula is C13H12FNO6. The molecule has 1 aromatic rings. The first kappa shape index (κ1) is 16.3. The van der Waals surface area contributed by atoms with Gasteiger partial charge >= 0.3 is 11.9 Å².